The highest BCUT2D eigenvalue weighted by Crippen LogP contribution is 2.23. The standard InChI is InChI=1S/C14H17ClN2O3/c1-3-20-14(18)6-7-17-12-8-10(19-2)4-5-11(12)16-13(17)9-15/h4-5,8H,3,6-7,9H2,1-2H3. The van der Waals surface area contributed by atoms with E-state index in [4.69, 9.17) is 21.1 Å². The Balaban J connectivity index is 2.31. The Morgan fingerprint density at radius 3 is 2.90 bits per heavy atom. The highest BCUT2D eigenvalue weighted by Gasteiger charge is 2.12. The Labute approximate surface area is 122 Å². The quantitative estimate of drug-likeness (QED) is 0.607. The number of aromatic nitrogens is 2. The minimum atomic E-state index is -0.224. The molecule has 0 bridgehead atoms. The topological polar surface area (TPSA) is 53.4 Å². The van der Waals surface area contributed by atoms with Gasteiger partial charge in [0, 0.05) is 12.6 Å². The van der Waals surface area contributed by atoms with E-state index in [0.717, 1.165) is 22.6 Å². The number of rotatable bonds is 6. The van der Waals surface area contributed by atoms with Crippen LogP contribution in [-0.2, 0) is 22.0 Å². The number of nitrogens with zero attached hydrogens (tertiary/aromatic N) is 2. The summed E-state index contributed by atoms with van der Waals surface area (Å²) in [7, 11) is 1.61. The second kappa shape index (κ2) is 6.61. The molecule has 1 heterocycles. The maximum Gasteiger partial charge on any atom is 0.307 e. The number of imidazole rings is 1. The lowest BCUT2D eigenvalue weighted by Crippen LogP contribution is -2.10. The van der Waals surface area contributed by atoms with E-state index in [-0.39, 0.29) is 5.97 Å². The summed E-state index contributed by atoms with van der Waals surface area (Å²) in [6.45, 7) is 2.67. The smallest absolute Gasteiger partial charge is 0.307 e. The summed E-state index contributed by atoms with van der Waals surface area (Å²) in [6.07, 6.45) is 0.292. The van der Waals surface area contributed by atoms with Gasteiger partial charge in [0.1, 0.15) is 11.6 Å². The summed E-state index contributed by atoms with van der Waals surface area (Å²) in [6, 6.07) is 5.62. The van der Waals surface area contributed by atoms with Crippen LogP contribution in [0, 0.1) is 0 Å². The van der Waals surface area contributed by atoms with Gasteiger partial charge in [0.25, 0.3) is 0 Å². The maximum absolute atomic E-state index is 11.5. The number of hydrogen-bond acceptors (Lipinski definition) is 4. The number of alkyl halides is 1. The van der Waals surface area contributed by atoms with Crippen LogP contribution in [0.3, 0.4) is 0 Å². The van der Waals surface area contributed by atoms with Gasteiger partial charge in [0.15, 0.2) is 0 Å². The van der Waals surface area contributed by atoms with Crippen molar-refractivity contribution in [2.75, 3.05) is 13.7 Å². The van der Waals surface area contributed by atoms with Gasteiger partial charge >= 0.3 is 5.97 Å². The number of aryl methyl sites for hydroxylation is 1. The van der Waals surface area contributed by atoms with Crippen LogP contribution in [0.4, 0.5) is 0 Å². The molecule has 0 aliphatic heterocycles. The Kier molecular flexibility index (Phi) is 4.84. The number of carbonyl (C=O) groups excluding carboxylic acids is 1. The first-order valence-electron chi connectivity index (χ1n) is 6.44. The normalized spacial score (nSPS) is 10.8. The minimum Gasteiger partial charge on any atom is -0.497 e. The molecule has 0 spiro atoms. The predicted molar refractivity (Wildman–Crippen MR) is 77.1 cm³/mol. The third kappa shape index (κ3) is 3.04. The first kappa shape index (κ1) is 14.7. The zero-order valence-corrected chi connectivity index (χ0v) is 12.3. The van der Waals surface area contributed by atoms with Gasteiger partial charge in [0.2, 0.25) is 0 Å². The molecule has 0 atom stereocenters. The first-order chi connectivity index (χ1) is 9.69. The second-order valence-corrected chi connectivity index (χ2v) is 4.49. The number of halogens is 1. The van der Waals surface area contributed by atoms with Crippen molar-refractivity contribution in [2.45, 2.75) is 25.8 Å². The van der Waals surface area contributed by atoms with Crippen LogP contribution in [0.15, 0.2) is 18.2 Å². The Morgan fingerprint density at radius 2 is 2.25 bits per heavy atom. The van der Waals surface area contributed by atoms with Crippen LogP contribution >= 0.6 is 11.6 Å². The molecule has 1 aromatic carbocycles. The van der Waals surface area contributed by atoms with Crippen molar-refractivity contribution in [3.63, 3.8) is 0 Å². The van der Waals surface area contributed by atoms with Gasteiger partial charge in [0.05, 0.1) is 37.1 Å². The summed E-state index contributed by atoms with van der Waals surface area (Å²) in [4.78, 5) is 15.9. The molecule has 0 radical (unpaired) electrons. The average Bonchev–Trinajstić information content (AvgIpc) is 2.82. The van der Waals surface area contributed by atoms with E-state index in [1.807, 2.05) is 22.8 Å². The molecule has 0 aliphatic carbocycles. The minimum absolute atomic E-state index is 0.224. The van der Waals surface area contributed by atoms with E-state index in [9.17, 15) is 4.79 Å². The molecule has 0 fully saturated rings. The van der Waals surface area contributed by atoms with Crippen LogP contribution in [0.1, 0.15) is 19.2 Å². The molecule has 0 saturated carbocycles. The highest BCUT2D eigenvalue weighted by molar-refractivity contribution is 6.16. The van der Waals surface area contributed by atoms with E-state index >= 15 is 0 Å². The molecule has 108 valence electrons. The van der Waals surface area contributed by atoms with Crippen molar-refractivity contribution in [3.8, 4) is 5.75 Å². The van der Waals surface area contributed by atoms with Gasteiger partial charge in [-0.25, -0.2) is 4.98 Å². The molecule has 5 nitrogen and oxygen atoms in total. The van der Waals surface area contributed by atoms with Crippen LogP contribution in [-0.4, -0.2) is 29.2 Å². The van der Waals surface area contributed by atoms with Crippen LogP contribution in [0.2, 0.25) is 0 Å². The molecular weight excluding hydrogens is 280 g/mol. The number of esters is 1. The van der Waals surface area contributed by atoms with Crippen LogP contribution in [0.5, 0.6) is 5.75 Å². The Morgan fingerprint density at radius 1 is 1.45 bits per heavy atom. The summed E-state index contributed by atoms with van der Waals surface area (Å²) in [5.41, 5.74) is 1.75. The van der Waals surface area contributed by atoms with E-state index in [2.05, 4.69) is 4.98 Å². The summed E-state index contributed by atoms with van der Waals surface area (Å²) in [5.74, 6) is 1.55. The number of benzene rings is 1. The van der Waals surface area contributed by atoms with E-state index < -0.39 is 0 Å². The molecule has 20 heavy (non-hydrogen) atoms. The number of fused-ring (bicyclic) bond motifs is 1. The zero-order valence-electron chi connectivity index (χ0n) is 11.6. The van der Waals surface area contributed by atoms with Gasteiger partial charge in [-0.15, -0.1) is 11.6 Å². The lowest BCUT2D eigenvalue weighted by molar-refractivity contribution is -0.143. The van der Waals surface area contributed by atoms with Gasteiger partial charge in [-0.3, -0.25) is 4.79 Å². The molecule has 2 rings (SSSR count). The van der Waals surface area contributed by atoms with Gasteiger partial charge in [-0.05, 0) is 19.1 Å². The molecule has 0 N–H and O–H groups in total. The maximum atomic E-state index is 11.5. The third-order valence-corrected chi connectivity index (χ3v) is 3.24. The van der Waals surface area contributed by atoms with Gasteiger partial charge in [-0.1, -0.05) is 0 Å². The van der Waals surface area contributed by atoms with E-state index in [0.29, 0.717) is 25.5 Å². The number of hydrogen-bond donors (Lipinski definition) is 0. The van der Waals surface area contributed by atoms with E-state index in [1.165, 1.54) is 0 Å². The fourth-order valence-corrected chi connectivity index (χ4v) is 2.27. The monoisotopic (exact) mass is 296 g/mol. The lowest BCUT2D eigenvalue weighted by Gasteiger charge is -2.08. The van der Waals surface area contributed by atoms with Crippen LogP contribution < -0.4 is 4.74 Å². The molecule has 1 aromatic heterocycles. The van der Waals surface area contributed by atoms with E-state index in [1.54, 1.807) is 14.0 Å². The van der Waals surface area contributed by atoms with Gasteiger partial charge < -0.3 is 14.0 Å². The van der Waals surface area contributed by atoms with Crippen molar-refractivity contribution in [1.82, 2.24) is 9.55 Å². The fraction of sp³-hybridized carbons (Fsp3) is 0.429. The zero-order chi connectivity index (χ0) is 14.5. The van der Waals surface area contributed by atoms with Crippen molar-refractivity contribution in [3.05, 3.63) is 24.0 Å². The SMILES string of the molecule is CCOC(=O)CCn1c(CCl)nc2ccc(OC)cc21. The molecule has 0 amide bonds. The molecule has 2 aromatic rings. The Bertz CT molecular complexity index is 610. The molecule has 0 aliphatic rings. The molecule has 6 heteroatoms. The Hall–Kier alpha value is -1.75. The summed E-state index contributed by atoms with van der Waals surface area (Å²) in [5, 5.41) is 0. The van der Waals surface area contributed by atoms with Crippen molar-refractivity contribution >= 4 is 28.6 Å². The largest absolute Gasteiger partial charge is 0.497 e. The predicted octanol–water partition coefficient (Wildman–Crippen LogP) is 2.74. The first-order valence-corrected chi connectivity index (χ1v) is 6.97. The van der Waals surface area contributed by atoms with Gasteiger partial charge in [-0.2, -0.15) is 0 Å². The summed E-state index contributed by atoms with van der Waals surface area (Å²) >= 11 is 5.92. The highest BCUT2D eigenvalue weighted by atomic mass is 35.5. The average molecular weight is 297 g/mol. The molecule has 0 saturated heterocycles. The molecule has 0 unspecified atom stereocenters. The number of carbonyl (C=O) groups is 1. The summed E-state index contributed by atoms with van der Waals surface area (Å²) < 4.78 is 12.1. The van der Waals surface area contributed by atoms with Crippen molar-refractivity contribution in [1.29, 1.82) is 0 Å². The third-order valence-electron chi connectivity index (χ3n) is 3.00. The van der Waals surface area contributed by atoms with Crippen molar-refractivity contribution in [2.24, 2.45) is 0 Å². The second-order valence-electron chi connectivity index (χ2n) is 4.22. The number of methoxy groups -OCH3 is 1. The fourth-order valence-electron chi connectivity index (χ4n) is 2.07. The van der Waals surface area contributed by atoms with Crippen molar-refractivity contribution < 1.29 is 14.3 Å². The number of ether oxygens (including phenoxy) is 2. The van der Waals surface area contributed by atoms with Crippen LogP contribution in [0.25, 0.3) is 11.0 Å². The molecular formula is C14H17ClN2O3. The lowest BCUT2D eigenvalue weighted by atomic mass is 10.3.